The predicted molar refractivity (Wildman–Crippen MR) is 226 cm³/mol. The topological polar surface area (TPSA) is 43.9 Å². The van der Waals surface area contributed by atoms with Crippen molar-refractivity contribution in [2.24, 2.45) is 0 Å². The molecule has 0 amide bonds. The van der Waals surface area contributed by atoms with Gasteiger partial charge >= 0.3 is 0 Å². The van der Waals surface area contributed by atoms with Crippen molar-refractivity contribution in [2.75, 3.05) is 0 Å². The summed E-state index contributed by atoms with van der Waals surface area (Å²) in [6.07, 6.45) is 0. The molecule has 11 rings (SSSR count). The number of fused-ring (bicyclic) bond motifs is 9. The lowest BCUT2D eigenvalue weighted by Crippen LogP contribution is -2.04. The van der Waals surface area contributed by atoms with Gasteiger partial charge in [0.25, 0.3) is 0 Å². The van der Waals surface area contributed by atoms with Crippen LogP contribution in [0.3, 0.4) is 0 Å². The van der Waals surface area contributed by atoms with Gasteiger partial charge in [-0.2, -0.15) is 0 Å². The molecule has 0 unspecified atom stereocenters. The maximum Gasteiger partial charge on any atom is 0.235 e. The molecular formula is C50H35N3O. The molecule has 0 saturated heterocycles. The van der Waals surface area contributed by atoms with Crippen LogP contribution in [0.15, 0.2) is 180 Å². The first-order valence-electron chi connectivity index (χ1n) is 18.6. The van der Waals surface area contributed by atoms with E-state index in [1.54, 1.807) is 0 Å². The standard InChI is InChI=1S/C48H29N3O.C2H6/c1-3-13-30(14-4-1)33-25-27-42-40(29-33)36-21-11-20-35(37-22-12-23-39-44-34-18-8-7-15-31(34)26-28-43(44)52-47(37)39)46(36)51(42)48-49-41-24-10-9-19-38(41)45(50-48)32-16-5-2-6-17-32;1-2/h1-29H;1-2H3. The monoisotopic (exact) mass is 693 g/mol. The maximum atomic E-state index is 6.79. The molecule has 0 saturated carbocycles. The lowest BCUT2D eigenvalue weighted by Gasteiger charge is -2.13. The Kier molecular flexibility index (Phi) is 7.55. The van der Waals surface area contributed by atoms with E-state index in [1.807, 2.05) is 26.0 Å². The first kappa shape index (κ1) is 31.7. The number of hydrogen-bond donors (Lipinski definition) is 0. The molecule has 0 N–H and O–H groups in total. The maximum absolute atomic E-state index is 6.79. The molecule has 4 heteroatoms. The Bertz CT molecular complexity index is 3180. The van der Waals surface area contributed by atoms with Gasteiger partial charge in [-0.25, -0.2) is 9.97 Å². The van der Waals surface area contributed by atoms with Gasteiger partial charge in [-0.05, 0) is 46.2 Å². The van der Waals surface area contributed by atoms with Crippen LogP contribution in [0.25, 0.3) is 105 Å². The molecule has 0 aliphatic heterocycles. The molecule has 8 aromatic carbocycles. The van der Waals surface area contributed by atoms with E-state index < -0.39 is 0 Å². The highest BCUT2D eigenvalue weighted by Gasteiger charge is 2.23. The lowest BCUT2D eigenvalue weighted by molar-refractivity contribution is 0.670. The van der Waals surface area contributed by atoms with Crippen molar-refractivity contribution in [3.8, 4) is 39.5 Å². The highest BCUT2D eigenvalue weighted by Crippen LogP contribution is 2.44. The summed E-state index contributed by atoms with van der Waals surface area (Å²) in [4.78, 5) is 10.7. The Hall–Kier alpha value is -7.04. The number of hydrogen-bond acceptors (Lipinski definition) is 3. The fourth-order valence-electron chi connectivity index (χ4n) is 8.06. The van der Waals surface area contributed by atoms with Gasteiger partial charge in [-0.15, -0.1) is 0 Å². The quantitative estimate of drug-likeness (QED) is 0.184. The molecule has 3 heterocycles. The SMILES string of the molecule is CC.c1ccc(-c2ccc3c(c2)c2cccc(-c4cccc5c4oc4ccc6ccccc6c45)c2n3-c2nc(-c3ccccc3)c3ccccc3n2)cc1. The van der Waals surface area contributed by atoms with E-state index in [1.165, 1.54) is 16.3 Å². The Labute approximate surface area is 312 Å². The van der Waals surface area contributed by atoms with Crippen LogP contribution in [0.2, 0.25) is 0 Å². The molecule has 0 atom stereocenters. The highest BCUT2D eigenvalue weighted by atomic mass is 16.3. The summed E-state index contributed by atoms with van der Waals surface area (Å²) in [5, 5.41) is 7.91. The fourth-order valence-corrected chi connectivity index (χ4v) is 8.06. The molecule has 0 radical (unpaired) electrons. The van der Waals surface area contributed by atoms with Gasteiger partial charge in [0.2, 0.25) is 5.95 Å². The molecular weight excluding hydrogens is 659 g/mol. The minimum Gasteiger partial charge on any atom is -0.455 e. The molecule has 256 valence electrons. The predicted octanol–water partition coefficient (Wildman–Crippen LogP) is 13.8. The van der Waals surface area contributed by atoms with E-state index in [9.17, 15) is 0 Å². The van der Waals surface area contributed by atoms with Crippen molar-refractivity contribution >= 4 is 65.4 Å². The van der Waals surface area contributed by atoms with E-state index in [0.717, 1.165) is 82.6 Å². The first-order valence-corrected chi connectivity index (χ1v) is 18.6. The molecule has 0 fully saturated rings. The van der Waals surface area contributed by atoms with E-state index >= 15 is 0 Å². The summed E-state index contributed by atoms with van der Waals surface area (Å²) in [6, 6.07) is 61.8. The Morgan fingerprint density at radius 3 is 1.94 bits per heavy atom. The van der Waals surface area contributed by atoms with Crippen molar-refractivity contribution in [1.82, 2.24) is 14.5 Å². The van der Waals surface area contributed by atoms with Gasteiger partial charge in [0.15, 0.2) is 0 Å². The van der Waals surface area contributed by atoms with Gasteiger partial charge in [0, 0.05) is 43.6 Å². The van der Waals surface area contributed by atoms with Gasteiger partial charge in [0.1, 0.15) is 11.2 Å². The molecule has 11 aromatic rings. The van der Waals surface area contributed by atoms with Crippen LogP contribution < -0.4 is 0 Å². The Morgan fingerprint density at radius 2 is 1.13 bits per heavy atom. The molecule has 4 nitrogen and oxygen atoms in total. The average Bonchev–Trinajstić information content (AvgIpc) is 3.81. The van der Waals surface area contributed by atoms with Crippen molar-refractivity contribution < 1.29 is 4.42 Å². The molecule has 3 aromatic heterocycles. The zero-order valence-corrected chi connectivity index (χ0v) is 30.0. The average molecular weight is 694 g/mol. The fraction of sp³-hybridized carbons (Fsp3) is 0.0400. The normalized spacial score (nSPS) is 11.5. The smallest absolute Gasteiger partial charge is 0.235 e. The van der Waals surface area contributed by atoms with Gasteiger partial charge in [0.05, 0.1) is 22.2 Å². The highest BCUT2D eigenvalue weighted by molar-refractivity contribution is 6.22. The Balaban J connectivity index is 0.00000178. The van der Waals surface area contributed by atoms with Crippen molar-refractivity contribution in [3.05, 3.63) is 176 Å². The first-order chi connectivity index (χ1) is 26.8. The molecule has 0 spiro atoms. The summed E-state index contributed by atoms with van der Waals surface area (Å²) in [7, 11) is 0. The molecule has 0 bridgehead atoms. The molecule has 0 aliphatic carbocycles. The Morgan fingerprint density at radius 1 is 0.463 bits per heavy atom. The zero-order valence-electron chi connectivity index (χ0n) is 30.0. The third kappa shape index (κ3) is 4.91. The number of aromatic nitrogens is 3. The summed E-state index contributed by atoms with van der Waals surface area (Å²) in [5.41, 5.74) is 11.1. The van der Waals surface area contributed by atoms with E-state index in [2.05, 4.69) is 168 Å². The van der Waals surface area contributed by atoms with Gasteiger partial charge < -0.3 is 4.42 Å². The molecule has 54 heavy (non-hydrogen) atoms. The van der Waals surface area contributed by atoms with Gasteiger partial charge in [-0.3, -0.25) is 4.57 Å². The van der Waals surface area contributed by atoms with E-state index in [0.29, 0.717) is 5.95 Å². The van der Waals surface area contributed by atoms with Crippen LogP contribution in [-0.2, 0) is 0 Å². The summed E-state index contributed by atoms with van der Waals surface area (Å²) in [5.74, 6) is 0.625. The lowest BCUT2D eigenvalue weighted by atomic mass is 9.98. The minimum atomic E-state index is 0.625. The van der Waals surface area contributed by atoms with Crippen LogP contribution in [0.4, 0.5) is 0 Å². The summed E-state index contributed by atoms with van der Waals surface area (Å²) in [6.45, 7) is 4.00. The van der Waals surface area contributed by atoms with Crippen molar-refractivity contribution in [2.45, 2.75) is 13.8 Å². The zero-order chi connectivity index (χ0) is 36.2. The largest absolute Gasteiger partial charge is 0.455 e. The molecule has 0 aliphatic rings. The number of rotatable bonds is 4. The number of nitrogens with zero attached hydrogens (tertiary/aromatic N) is 3. The van der Waals surface area contributed by atoms with Crippen molar-refractivity contribution in [3.63, 3.8) is 0 Å². The van der Waals surface area contributed by atoms with Crippen LogP contribution in [-0.4, -0.2) is 14.5 Å². The summed E-state index contributed by atoms with van der Waals surface area (Å²) < 4.78 is 9.04. The number of para-hydroxylation sites is 3. The third-order valence-corrected chi connectivity index (χ3v) is 10.4. The second kappa shape index (κ2) is 12.9. The number of benzene rings is 8. The van der Waals surface area contributed by atoms with Crippen LogP contribution in [0.5, 0.6) is 0 Å². The minimum absolute atomic E-state index is 0.625. The van der Waals surface area contributed by atoms with E-state index in [4.69, 9.17) is 14.4 Å². The van der Waals surface area contributed by atoms with Crippen LogP contribution in [0.1, 0.15) is 13.8 Å². The van der Waals surface area contributed by atoms with Crippen LogP contribution in [0, 0.1) is 0 Å². The van der Waals surface area contributed by atoms with Gasteiger partial charge in [-0.1, -0.05) is 166 Å². The number of furan rings is 1. The third-order valence-electron chi connectivity index (χ3n) is 10.4. The second-order valence-electron chi connectivity index (χ2n) is 13.3. The van der Waals surface area contributed by atoms with Crippen molar-refractivity contribution in [1.29, 1.82) is 0 Å². The second-order valence-corrected chi connectivity index (χ2v) is 13.3. The van der Waals surface area contributed by atoms with Crippen LogP contribution >= 0.6 is 0 Å². The summed E-state index contributed by atoms with van der Waals surface area (Å²) >= 11 is 0. The van der Waals surface area contributed by atoms with E-state index in [-0.39, 0.29) is 0 Å².